The van der Waals surface area contributed by atoms with Crippen LogP contribution in [0.4, 0.5) is 5.13 Å². The van der Waals surface area contributed by atoms with Crippen molar-refractivity contribution in [3.8, 4) is 11.3 Å². The Hall–Kier alpha value is -2.46. The van der Waals surface area contributed by atoms with Crippen LogP contribution in [-0.2, 0) is 0 Å². The zero-order valence-corrected chi connectivity index (χ0v) is 14.1. The van der Waals surface area contributed by atoms with Gasteiger partial charge in [-0.3, -0.25) is 4.79 Å². The number of anilines is 1. The lowest BCUT2D eigenvalue weighted by atomic mass is 10.1. The predicted octanol–water partition coefficient (Wildman–Crippen LogP) is 4.64. The molecule has 4 rings (SSSR count). The summed E-state index contributed by atoms with van der Waals surface area (Å²) in [5.74, 6) is 0.0531. The zero-order chi connectivity index (χ0) is 16.4. The minimum absolute atomic E-state index is 0.0531. The van der Waals surface area contributed by atoms with Gasteiger partial charge in [0.15, 0.2) is 5.13 Å². The van der Waals surface area contributed by atoms with E-state index in [2.05, 4.69) is 4.90 Å². The third kappa shape index (κ3) is 2.85. The van der Waals surface area contributed by atoms with Crippen molar-refractivity contribution in [2.45, 2.75) is 12.8 Å². The molecule has 24 heavy (non-hydrogen) atoms. The first-order chi connectivity index (χ1) is 11.8. The van der Waals surface area contributed by atoms with Crippen molar-refractivity contribution in [1.29, 1.82) is 0 Å². The number of carbonyl (C=O) groups excluding carboxylic acids is 1. The highest BCUT2D eigenvalue weighted by Crippen LogP contribution is 2.35. The summed E-state index contributed by atoms with van der Waals surface area (Å²) >= 11 is 1.52. The Balaban J connectivity index is 1.80. The lowest BCUT2D eigenvalue weighted by molar-refractivity contribution is 0.104. The number of rotatable bonds is 4. The van der Waals surface area contributed by atoms with Gasteiger partial charge in [-0.1, -0.05) is 72.0 Å². The van der Waals surface area contributed by atoms with Crippen molar-refractivity contribution in [2.24, 2.45) is 0 Å². The summed E-state index contributed by atoms with van der Waals surface area (Å²) in [6.07, 6.45) is 2.39. The molecule has 0 unspecified atom stereocenters. The van der Waals surface area contributed by atoms with Crippen molar-refractivity contribution >= 4 is 22.3 Å². The van der Waals surface area contributed by atoms with Crippen molar-refractivity contribution < 1.29 is 4.79 Å². The van der Waals surface area contributed by atoms with E-state index < -0.39 is 0 Å². The van der Waals surface area contributed by atoms with Crippen molar-refractivity contribution in [2.75, 3.05) is 18.0 Å². The number of aromatic nitrogens is 1. The molecule has 3 aromatic rings. The maximum atomic E-state index is 13.0. The van der Waals surface area contributed by atoms with Crippen LogP contribution in [0.25, 0.3) is 11.3 Å². The summed E-state index contributed by atoms with van der Waals surface area (Å²) in [5, 5.41) is 0.964. The van der Waals surface area contributed by atoms with Crippen molar-refractivity contribution in [1.82, 2.24) is 4.98 Å². The predicted molar refractivity (Wildman–Crippen MR) is 98.9 cm³/mol. The molecule has 1 aromatic heterocycles. The Kier molecular flexibility index (Phi) is 4.13. The summed E-state index contributed by atoms with van der Waals surface area (Å²) < 4.78 is 0. The van der Waals surface area contributed by atoms with E-state index in [0.717, 1.165) is 34.4 Å². The van der Waals surface area contributed by atoms with Crippen LogP contribution in [0, 0.1) is 0 Å². The number of thiazole rings is 1. The third-order valence-electron chi connectivity index (χ3n) is 4.28. The van der Waals surface area contributed by atoms with Gasteiger partial charge in [-0.25, -0.2) is 4.98 Å². The molecule has 1 aliphatic heterocycles. The summed E-state index contributed by atoms with van der Waals surface area (Å²) in [6, 6.07) is 19.5. The second-order valence-corrected chi connectivity index (χ2v) is 6.91. The smallest absolute Gasteiger partial charge is 0.205 e. The molecule has 0 atom stereocenters. The highest BCUT2D eigenvalue weighted by molar-refractivity contribution is 7.18. The van der Waals surface area contributed by atoms with E-state index in [1.807, 2.05) is 60.7 Å². The first-order valence-corrected chi connectivity index (χ1v) is 9.05. The number of hydrogen-bond acceptors (Lipinski definition) is 4. The average molecular weight is 334 g/mol. The molecule has 0 N–H and O–H groups in total. The Morgan fingerprint density at radius 3 is 2.21 bits per heavy atom. The van der Waals surface area contributed by atoms with E-state index in [-0.39, 0.29) is 5.78 Å². The van der Waals surface area contributed by atoms with Crippen LogP contribution < -0.4 is 4.90 Å². The molecule has 1 aliphatic rings. The van der Waals surface area contributed by atoms with Crippen molar-refractivity contribution in [3.05, 3.63) is 71.1 Å². The van der Waals surface area contributed by atoms with E-state index >= 15 is 0 Å². The maximum Gasteiger partial charge on any atom is 0.205 e. The van der Waals surface area contributed by atoms with Crippen LogP contribution in [0.15, 0.2) is 60.7 Å². The number of benzene rings is 2. The van der Waals surface area contributed by atoms with E-state index in [4.69, 9.17) is 4.98 Å². The highest BCUT2D eigenvalue weighted by Gasteiger charge is 2.24. The summed E-state index contributed by atoms with van der Waals surface area (Å²) in [5.41, 5.74) is 2.51. The maximum absolute atomic E-state index is 13.0. The van der Waals surface area contributed by atoms with Crippen molar-refractivity contribution in [3.63, 3.8) is 0 Å². The zero-order valence-electron chi connectivity index (χ0n) is 13.3. The fourth-order valence-electron chi connectivity index (χ4n) is 3.02. The van der Waals surface area contributed by atoms with Gasteiger partial charge in [0.1, 0.15) is 4.88 Å². The Bertz CT molecular complexity index is 837. The van der Waals surface area contributed by atoms with Gasteiger partial charge in [-0.2, -0.15) is 0 Å². The minimum Gasteiger partial charge on any atom is -0.348 e. The van der Waals surface area contributed by atoms with Gasteiger partial charge in [0.25, 0.3) is 0 Å². The first-order valence-electron chi connectivity index (χ1n) is 8.24. The normalized spacial score (nSPS) is 14.1. The molecule has 0 radical (unpaired) electrons. The molecule has 3 nitrogen and oxygen atoms in total. The standard InChI is InChI=1S/C20H18N2OS/c23-18(16-11-5-2-6-12-16)19-17(15-9-3-1-4-10-15)21-20(24-19)22-13-7-8-14-22/h1-6,9-12H,7-8,13-14H2. The lowest BCUT2D eigenvalue weighted by Crippen LogP contribution is -2.17. The second kappa shape index (κ2) is 6.57. The van der Waals surface area contributed by atoms with Gasteiger partial charge < -0.3 is 4.90 Å². The van der Waals surface area contributed by atoms with E-state index in [9.17, 15) is 4.79 Å². The molecule has 1 fully saturated rings. The van der Waals surface area contributed by atoms with Gasteiger partial charge in [0.2, 0.25) is 5.78 Å². The van der Waals surface area contributed by atoms with Crippen LogP contribution >= 0.6 is 11.3 Å². The molecule has 0 bridgehead atoms. The van der Waals surface area contributed by atoms with E-state index in [1.165, 1.54) is 24.2 Å². The van der Waals surface area contributed by atoms with Crippen LogP contribution in [0.2, 0.25) is 0 Å². The molecule has 0 saturated carbocycles. The molecule has 0 aliphatic carbocycles. The monoisotopic (exact) mass is 334 g/mol. The first kappa shape index (κ1) is 15.1. The molecular weight excluding hydrogens is 316 g/mol. The van der Waals surface area contributed by atoms with Gasteiger partial charge in [-0.15, -0.1) is 0 Å². The minimum atomic E-state index is 0.0531. The van der Waals surface area contributed by atoms with Gasteiger partial charge in [0.05, 0.1) is 5.69 Å². The average Bonchev–Trinajstić information content (AvgIpc) is 3.32. The summed E-state index contributed by atoms with van der Waals surface area (Å²) in [7, 11) is 0. The Morgan fingerprint density at radius 2 is 1.54 bits per heavy atom. The molecule has 2 aromatic carbocycles. The molecular formula is C20H18N2OS. The van der Waals surface area contributed by atoms with E-state index in [0.29, 0.717) is 5.56 Å². The van der Waals surface area contributed by atoms with Crippen LogP contribution in [-0.4, -0.2) is 23.9 Å². The van der Waals surface area contributed by atoms with Gasteiger partial charge in [0, 0.05) is 24.2 Å². The quantitative estimate of drug-likeness (QED) is 0.652. The fraction of sp³-hybridized carbons (Fsp3) is 0.200. The fourth-order valence-corrected chi connectivity index (χ4v) is 4.12. The molecule has 120 valence electrons. The molecule has 4 heteroatoms. The molecule has 0 spiro atoms. The second-order valence-electron chi connectivity index (χ2n) is 5.93. The lowest BCUT2D eigenvalue weighted by Gasteiger charge is -2.12. The van der Waals surface area contributed by atoms with Crippen LogP contribution in [0.5, 0.6) is 0 Å². The van der Waals surface area contributed by atoms with Crippen LogP contribution in [0.1, 0.15) is 28.1 Å². The SMILES string of the molecule is O=C(c1ccccc1)c1sc(N2CCCC2)nc1-c1ccccc1. The topological polar surface area (TPSA) is 33.2 Å². The number of carbonyl (C=O) groups is 1. The number of ketones is 1. The largest absolute Gasteiger partial charge is 0.348 e. The van der Waals surface area contributed by atoms with Crippen LogP contribution in [0.3, 0.4) is 0 Å². The number of hydrogen-bond donors (Lipinski definition) is 0. The van der Waals surface area contributed by atoms with Gasteiger partial charge in [-0.05, 0) is 12.8 Å². The number of nitrogens with zero attached hydrogens (tertiary/aromatic N) is 2. The Labute approximate surface area is 145 Å². The molecule has 1 saturated heterocycles. The highest BCUT2D eigenvalue weighted by atomic mass is 32.1. The molecule has 0 amide bonds. The molecule has 2 heterocycles. The Morgan fingerprint density at radius 1 is 0.917 bits per heavy atom. The third-order valence-corrected chi connectivity index (χ3v) is 5.40. The summed E-state index contributed by atoms with van der Waals surface area (Å²) in [4.78, 5) is 20.9. The van der Waals surface area contributed by atoms with Gasteiger partial charge >= 0.3 is 0 Å². The van der Waals surface area contributed by atoms with E-state index in [1.54, 1.807) is 0 Å². The summed E-state index contributed by atoms with van der Waals surface area (Å²) in [6.45, 7) is 2.06.